The first-order chi connectivity index (χ1) is 9.75. The second-order valence-corrected chi connectivity index (χ2v) is 6.70. The van der Waals surface area contributed by atoms with Gasteiger partial charge in [0.1, 0.15) is 5.82 Å². The molecule has 0 aliphatic rings. The van der Waals surface area contributed by atoms with Crippen LogP contribution in [-0.2, 0) is 10.0 Å². The summed E-state index contributed by atoms with van der Waals surface area (Å²) in [6, 6.07) is 1.86. The Morgan fingerprint density at radius 3 is 2.19 bits per heavy atom. The van der Waals surface area contributed by atoms with Gasteiger partial charge in [-0.15, -0.1) is 0 Å². The van der Waals surface area contributed by atoms with Crippen molar-refractivity contribution in [1.82, 2.24) is 4.31 Å². The third-order valence-corrected chi connectivity index (χ3v) is 5.13. The first kappa shape index (κ1) is 17.6. The van der Waals surface area contributed by atoms with Crippen LogP contribution >= 0.6 is 0 Å². The van der Waals surface area contributed by atoms with E-state index in [1.54, 1.807) is 0 Å². The molecule has 0 fully saturated rings. The van der Waals surface area contributed by atoms with Crippen molar-refractivity contribution in [3.05, 3.63) is 29.1 Å². The Labute approximate surface area is 124 Å². The van der Waals surface area contributed by atoms with Gasteiger partial charge in [0.05, 0.1) is 10.5 Å². The van der Waals surface area contributed by atoms with Crippen LogP contribution in [0.4, 0.5) is 4.39 Å². The van der Waals surface area contributed by atoms with Gasteiger partial charge in [0, 0.05) is 18.7 Å². The van der Waals surface area contributed by atoms with Gasteiger partial charge >= 0.3 is 5.97 Å². The van der Waals surface area contributed by atoms with Crippen LogP contribution in [0.25, 0.3) is 0 Å². The zero-order chi connectivity index (χ0) is 16.2. The molecule has 1 aromatic carbocycles. The average Bonchev–Trinajstić information content (AvgIpc) is 2.40. The molecule has 0 unspecified atom stereocenters. The zero-order valence-electron chi connectivity index (χ0n) is 12.4. The first-order valence-corrected chi connectivity index (χ1v) is 8.23. The van der Waals surface area contributed by atoms with Gasteiger partial charge in [0.25, 0.3) is 0 Å². The quantitative estimate of drug-likeness (QED) is 0.839. The molecule has 0 atom stereocenters. The molecule has 0 aliphatic carbocycles. The van der Waals surface area contributed by atoms with Crippen LogP contribution in [-0.4, -0.2) is 36.9 Å². The predicted molar refractivity (Wildman–Crippen MR) is 77.4 cm³/mol. The number of rotatable bonds is 7. The van der Waals surface area contributed by atoms with E-state index in [-0.39, 0.29) is 16.0 Å². The van der Waals surface area contributed by atoms with Gasteiger partial charge in [-0.25, -0.2) is 17.6 Å². The minimum Gasteiger partial charge on any atom is -0.478 e. The molecule has 0 heterocycles. The maximum absolute atomic E-state index is 13.8. The summed E-state index contributed by atoms with van der Waals surface area (Å²) in [5.74, 6) is -2.19. The van der Waals surface area contributed by atoms with Crippen LogP contribution < -0.4 is 0 Å². The first-order valence-electron chi connectivity index (χ1n) is 6.79. The van der Waals surface area contributed by atoms with Gasteiger partial charge in [-0.2, -0.15) is 4.31 Å². The maximum atomic E-state index is 13.8. The van der Waals surface area contributed by atoms with Crippen molar-refractivity contribution in [2.75, 3.05) is 13.1 Å². The van der Waals surface area contributed by atoms with Gasteiger partial charge in [-0.05, 0) is 31.9 Å². The van der Waals surface area contributed by atoms with E-state index < -0.39 is 21.8 Å². The third kappa shape index (κ3) is 3.79. The van der Waals surface area contributed by atoms with E-state index in [1.165, 1.54) is 11.2 Å². The Kier molecular flexibility index (Phi) is 5.86. The molecule has 1 aromatic rings. The fourth-order valence-corrected chi connectivity index (χ4v) is 3.92. The number of hydrogen-bond donors (Lipinski definition) is 1. The lowest BCUT2D eigenvalue weighted by Crippen LogP contribution is -2.33. The molecular weight excluding hydrogens is 297 g/mol. The lowest BCUT2D eigenvalue weighted by Gasteiger charge is -2.22. The lowest BCUT2D eigenvalue weighted by atomic mass is 10.1. The van der Waals surface area contributed by atoms with Crippen LogP contribution in [0.1, 0.15) is 42.6 Å². The zero-order valence-corrected chi connectivity index (χ0v) is 13.2. The Morgan fingerprint density at radius 2 is 1.76 bits per heavy atom. The molecule has 0 radical (unpaired) electrons. The normalized spacial score (nSPS) is 11.9. The van der Waals surface area contributed by atoms with Crippen LogP contribution in [0.3, 0.4) is 0 Å². The number of hydrogen-bond acceptors (Lipinski definition) is 3. The third-order valence-electron chi connectivity index (χ3n) is 3.11. The van der Waals surface area contributed by atoms with Gasteiger partial charge < -0.3 is 5.11 Å². The molecule has 0 aromatic heterocycles. The summed E-state index contributed by atoms with van der Waals surface area (Å²) >= 11 is 0. The summed E-state index contributed by atoms with van der Waals surface area (Å²) in [4.78, 5) is 10.7. The van der Waals surface area contributed by atoms with Crippen molar-refractivity contribution >= 4 is 16.0 Å². The highest BCUT2D eigenvalue weighted by molar-refractivity contribution is 7.89. The van der Waals surface area contributed by atoms with E-state index in [4.69, 9.17) is 5.11 Å². The smallest absolute Gasteiger partial charge is 0.335 e. The molecular formula is C14H20FNO4S. The largest absolute Gasteiger partial charge is 0.478 e. The summed E-state index contributed by atoms with van der Waals surface area (Å²) in [6.45, 7) is 5.66. The van der Waals surface area contributed by atoms with Gasteiger partial charge in [-0.1, -0.05) is 13.8 Å². The van der Waals surface area contributed by atoms with Crippen LogP contribution in [0.15, 0.2) is 17.0 Å². The molecule has 0 saturated carbocycles. The summed E-state index contributed by atoms with van der Waals surface area (Å²) in [7, 11) is -3.90. The summed E-state index contributed by atoms with van der Waals surface area (Å²) < 4.78 is 40.3. The molecule has 1 rings (SSSR count). The van der Waals surface area contributed by atoms with Crippen molar-refractivity contribution in [2.45, 2.75) is 38.5 Å². The second kappa shape index (κ2) is 7.00. The molecule has 0 bridgehead atoms. The van der Waals surface area contributed by atoms with Crippen LogP contribution in [0.5, 0.6) is 0 Å². The molecule has 5 nitrogen and oxygen atoms in total. The molecule has 21 heavy (non-hydrogen) atoms. The Bertz CT molecular complexity index is 622. The number of carboxylic acid groups (broad SMARTS) is 1. The van der Waals surface area contributed by atoms with E-state index >= 15 is 0 Å². The monoisotopic (exact) mass is 317 g/mol. The number of aromatic carboxylic acids is 1. The Balaban J connectivity index is 3.45. The van der Waals surface area contributed by atoms with Crippen molar-refractivity contribution in [3.8, 4) is 0 Å². The SMILES string of the molecule is CCCN(CCC)S(=O)(=O)c1cc(C(=O)O)cc(F)c1C. The molecule has 0 aliphatic heterocycles. The Morgan fingerprint density at radius 1 is 1.24 bits per heavy atom. The highest BCUT2D eigenvalue weighted by Crippen LogP contribution is 2.24. The summed E-state index contributed by atoms with van der Waals surface area (Å²) in [6.07, 6.45) is 1.25. The van der Waals surface area contributed by atoms with E-state index in [0.29, 0.717) is 25.9 Å². The second-order valence-electron chi connectivity index (χ2n) is 4.79. The average molecular weight is 317 g/mol. The van der Waals surface area contributed by atoms with Crippen molar-refractivity contribution in [2.24, 2.45) is 0 Å². The van der Waals surface area contributed by atoms with E-state index in [9.17, 15) is 17.6 Å². The maximum Gasteiger partial charge on any atom is 0.335 e. The predicted octanol–water partition coefficient (Wildman–Crippen LogP) is 2.64. The van der Waals surface area contributed by atoms with Gasteiger partial charge in [0.2, 0.25) is 10.0 Å². The number of carboxylic acids is 1. The minimum absolute atomic E-state index is 0.0581. The highest BCUT2D eigenvalue weighted by Gasteiger charge is 2.27. The standard InChI is InChI=1S/C14H20FNO4S/c1-4-6-16(7-5-2)21(19,20)13-9-11(14(17)18)8-12(15)10(13)3/h8-9H,4-7H2,1-3H3,(H,17,18). The fourth-order valence-electron chi connectivity index (χ4n) is 2.04. The van der Waals surface area contributed by atoms with Gasteiger partial charge in [0.15, 0.2) is 0 Å². The van der Waals surface area contributed by atoms with E-state index in [0.717, 1.165) is 12.1 Å². The number of nitrogens with zero attached hydrogens (tertiary/aromatic N) is 1. The van der Waals surface area contributed by atoms with Crippen molar-refractivity contribution in [1.29, 1.82) is 0 Å². The van der Waals surface area contributed by atoms with Crippen molar-refractivity contribution in [3.63, 3.8) is 0 Å². The number of halogens is 1. The van der Waals surface area contributed by atoms with Gasteiger partial charge in [-0.3, -0.25) is 0 Å². The van der Waals surface area contributed by atoms with Crippen molar-refractivity contribution < 1.29 is 22.7 Å². The number of carbonyl (C=O) groups is 1. The van der Waals surface area contributed by atoms with E-state index in [1.807, 2.05) is 13.8 Å². The van der Waals surface area contributed by atoms with Crippen LogP contribution in [0, 0.1) is 12.7 Å². The lowest BCUT2D eigenvalue weighted by molar-refractivity contribution is 0.0696. The molecule has 0 saturated heterocycles. The number of benzene rings is 1. The summed E-state index contributed by atoms with van der Waals surface area (Å²) in [5, 5.41) is 8.96. The molecule has 7 heteroatoms. The number of sulfonamides is 1. The highest BCUT2D eigenvalue weighted by atomic mass is 32.2. The van der Waals surface area contributed by atoms with E-state index in [2.05, 4.69) is 0 Å². The molecule has 1 N–H and O–H groups in total. The molecule has 0 spiro atoms. The Hall–Kier alpha value is -1.47. The molecule has 118 valence electrons. The molecule has 0 amide bonds. The topological polar surface area (TPSA) is 74.7 Å². The fraction of sp³-hybridized carbons (Fsp3) is 0.500. The minimum atomic E-state index is -3.90. The van der Waals surface area contributed by atoms with Crippen LogP contribution in [0.2, 0.25) is 0 Å². The summed E-state index contributed by atoms with van der Waals surface area (Å²) in [5.41, 5.74) is -0.429.